The maximum Gasteiger partial charge on any atom is 0.251 e. The van der Waals surface area contributed by atoms with Gasteiger partial charge >= 0.3 is 0 Å². The average Bonchev–Trinajstić information content (AvgIpc) is 2.89. The summed E-state index contributed by atoms with van der Waals surface area (Å²) in [6.07, 6.45) is 4.64. The van der Waals surface area contributed by atoms with Crippen LogP contribution in [0.3, 0.4) is 0 Å². The first-order valence-electron chi connectivity index (χ1n) is 6.67. The van der Waals surface area contributed by atoms with Crippen LogP contribution in [0.25, 0.3) is 0 Å². The molecule has 1 aromatic rings. The Bertz CT molecular complexity index is 467. The minimum absolute atomic E-state index is 0.0452. The van der Waals surface area contributed by atoms with Gasteiger partial charge in [0, 0.05) is 28.4 Å². The number of hydrogen-bond donors (Lipinski definition) is 1. The monoisotopic (exact) mass is 299 g/mol. The van der Waals surface area contributed by atoms with Crippen LogP contribution in [0.5, 0.6) is 0 Å². The number of amides is 1. The zero-order valence-electron chi connectivity index (χ0n) is 11.1. The second kappa shape index (κ2) is 6.15. The minimum atomic E-state index is -0.0452. The molecule has 0 radical (unpaired) electrons. The molecule has 2 rings (SSSR count). The van der Waals surface area contributed by atoms with Crippen LogP contribution < -0.4 is 5.32 Å². The van der Waals surface area contributed by atoms with Gasteiger partial charge in [0.25, 0.3) is 5.91 Å². The summed E-state index contributed by atoms with van der Waals surface area (Å²) in [5, 5.41) is 3.70. The van der Waals surface area contributed by atoms with E-state index >= 15 is 0 Å². The van der Waals surface area contributed by atoms with Crippen molar-refractivity contribution in [3.63, 3.8) is 0 Å². The summed E-state index contributed by atoms with van der Waals surface area (Å²) in [5.41, 5.74) is 1.67. The van der Waals surface area contributed by atoms with Crippen LogP contribution in [0.1, 0.15) is 41.6 Å². The minimum Gasteiger partial charge on any atom is -0.351 e. The first-order valence-corrected chi connectivity index (χ1v) is 7.58. The Morgan fingerprint density at radius 1 is 1.37 bits per heavy atom. The zero-order chi connectivity index (χ0) is 13.9. The highest BCUT2D eigenvalue weighted by molar-refractivity contribution is 6.31. The molecule has 1 aliphatic carbocycles. The van der Waals surface area contributed by atoms with E-state index in [1.165, 1.54) is 12.8 Å². The third kappa shape index (κ3) is 3.43. The number of hydrogen-bond acceptors (Lipinski definition) is 1. The molecule has 19 heavy (non-hydrogen) atoms. The van der Waals surface area contributed by atoms with Gasteiger partial charge in [-0.3, -0.25) is 4.79 Å². The molecule has 0 aliphatic heterocycles. The fourth-order valence-corrected chi connectivity index (χ4v) is 3.12. The summed E-state index contributed by atoms with van der Waals surface area (Å²) >= 11 is 12.0. The molecule has 0 bridgehead atoms. The normalized spacial score (nSPS) is 17.4. The third-order valence-electron chi connectivity index (χ3n) is 3.99. The summed E-state index contributed by atoms with van der Waals surface area (Å²) in [7, 11) is 0. The van der Waals surface area contributed by atoms with E-state index in [0.29, 0.717) is 23.0 Å². The highest BCUT2D eigenvalue weighted by atomic mass is 35.5. The molecule has 0 spiro atoms. The van der Waals surface area contributed by atoms with E-state index in [9.17, 15) is 4.79 Å². The lowest BCUT2D eigenvalue weighted by Gasteiger charge is -2.26. The molecule has 1 aliphatic rings. The van der Waals surface area contributed by atoms with Crippen molar-refractivity contribution in [2.75, 3.05) is 12.4 Å². The van der Waals surface area contributed by atoms with Crippen LogP contribution >= 0.6 is 23.2 Å². The summed E-state index contributed by atoms with van der Waals surface area (Å²) in [4.78, 5) is 12.1. The van der Waals surface area contributed by atoms with Crippen molar-refractivity contribution in [1.82, 2.24) is 5.32 Å². The molecule has 1 fully saturated rings. The predicted molar refractivity (Wildman–Crippen MR) is 80.1 cm³/mol. The number of halogens is 2. The van der Waals surface area contributed by atoms with Crippen LogP contribution in [0.15, 0.2) is 18.2 Å². The number of nitrogens with one attached hydrogen (secondary N) is 1. The van der Waals surface area contributed by atoms with Gasteiger partial charge in [-0.2, -0.15) is 0 Å². The Morgan fingerprint density at radius 3 is 2.63 bits per heavy atom. The molecule has 2 nitrogen and oxygen atoms in total. The quantitative estimate of drug-likeness (QED) is 0.830. The van der Waals surface area contributed by atoms with Gasteiger partial charge in [0.15, 0.2) is 0 Å². The second-order valence-electron chi connectivity index (χ2n) is 5.49. The van der Waals surface area contributed by atoms with Crippen molar-refractivity contribution in [3.8, 4) is 0 Å². The average molecular weight is 300 g/mol. The van der Waals surface area contributed by atoms with Crippen molar-refractivity contribution in [3.05, 3.63) is 34.3 Å². The van der Waals surface area contributed by atoms with Gasteiger partial charge in [0.2, 0.25) is 0 Å². The van der Waals surface area contributed by atoms with Crippen LogP contribution in [-0.4, -0.2) is 18.3 Å². The Labute approximate surface area is 124 Å². The van der Waals surface area contributed by atoms with Gasteiger partial charge in [0.1, 0.15) is 0 Å². The fraction of sp³-hybridized carbons (Fsp3) is 0.533. The van der Waals surface area contributed by atoms with Gasteiger partial charge in [0.05, 0.1) is 0 Å². The van der Waals surface area contributed by atoms with Crippen LogP contribution in [0.4, 0.5) is 0 Å². The maximum absolute atomic E-state index is 12.1. The van der Waals surface area contributed by atoms with E-state index in [4.69, 9.17) is 23.2 Å². The van der Waals surface area contributed by atoms with E-state index in [0.717, 1.165) is 18.4 Å². The van der Waals surface area contributed by atoms with E-state index in [1.54, 1.807) is 12.1 Å². The van der Waals surface area contributed by atoms with Crippen molar-refractivity contribution < 1.29 is 4.79 Å². The number of benzene rings is 1. The lowest BCUT2D eigenvalue weighted by Crippen LogP contribution is -2.37. The molecular formula is C15H19Cl2NO. The van der Waals surface area contributed by atoms with E-state index in [1.807, 2.05) is 13.0 Å². The molecule has 1 saturated carbocycles. The third-order valence-corrected chi connectivity index (χ3v) is 4.98. The largest absolute Gasteiger partial charge is 0.351 e. The van der Waals surface area contributed by atoms with Gasteiger partial charge in [-0.15, -0.1) is 11.6 Å². The van der Waals surface area contributed by atoms with Crippen molar-refractivity contribution in [1.29, 1.82) is 0 Å². The molecule has 0 atom stereocenters. The molecule has 0 unspecified atom stereocenters. The summed E-state index contributed by atoms with van der Waals surface area (Å²) < 4.78 is 0. The van der Waals surface area contributed by atoms with Gasteiger partial charge in [-0.25, -0.2) is 0 Å². The van der Waals surface area contributed by atoms with Crippen molar-refractivity contribution in [2.24, 2.45) is 5.41 Å². The molecule has 1 aromatic carbocycles. The number of aryl methyl sites for hydroxylation is 1. The Hall–Kier alpha value is -0.730. The lowest BCUT2D eigenvalue weighted by molar-refractivity contribution is 0.0935. The zero-order valence-corrected chi connectivity index (χ0v) is 12.7. The van der Waals surface area contributed by atoms with Gasteiger partial charge < -0.3 is 5.32 Å². The fourth-order valence-electron chi connectivity index (χ4n) is 2.64. The van der Waals surface area contributed by atoms with E-state index < -0.39 is 0 Å². The highest BCUT2D eigenvalue weighted by Crippen LogP contribution is 2.38. The Morgan fingerprint density at radius 2 is 2.05 bits per heavy atom. The molecule has 104 valence electrons. The second-order valence-corrected chi connectivity index (χ2v) is 6.16. The predicted octanol–water partition coefficient (Wildman–Crippen LogP) is 4.18. The SMILES string of the molecule is Cc1cc(C(=O)NCC2(CCl)CCCC2)ccc1Cl. The van der Waals surface area contributed by atoms with Gasteiger partial charge in [-0.1, -0.05) is 24.4 Å². The summed E-state index contributed by atoms with van der Waals surface area (Å²) in [6.45, 7) is 2.56. The molecule has 0 heterocycles. The van der Waals surface area contributed by atoms with Crippen LogP contribution in [0.2, 0.25) is 5.02 Å². The molecule has 0 aromatic heterocycles. The van der Waals surface area contributed by atoms with Crippen molar-refractivity contribution in [2.45, 2.75) is 32.6 Å². The number of alkyl halides is 1. The van der Waals surface area contributed by atoms with E-state index in [2.05, 4.69) is 5.32 Å². The Balaban J connectivity index is 1.99. The highest BCUT2D eigenvalue weighted by Gasteiger charge is 2.33. The first kappa shape index (κ1) is 14.7. The van der Waals surface area contributed by atoms with Crippen LogP contribution in [0, 0.1) is 12.3 Å². The topological polar surface area (TPSA) is 29.1 Å². The first-order chi connectivity index (χ1) is 9.06. The molecule has 1 amide bonds. The van der Waals surface area contributed by atoms with Gasteiger partial charge in [-0.05, 0) is 43.5 Å². The maximum atomic E-state index is 12.1. The molecule has 1 N–H and O–H groups in total. The van der Waals surface area contributed by atoms with Crippen molar-refractivity contribution >= 4 is 29.1 Å². The molecule has 4 heteroatoms. The smallest absolute Gasteiger partial charge is 0.251 e. The molecular weight excluding hydrogens is 281 g/mol. The standard InChI is InChI=1S/C15H19Cl2NO/c1-11-8-12(4-5-13(11)17)14(19)18-10-15(9-16)6-2-3-7-15/h4-5,8H,2-3,6-7,9-10H2,1H3,(H,18,19). The number of carbonyl (C=O) groups excluding carboxylic acids is 1. The summed E-state index contributed by atoms with van der Waals surface area (Å²) in [5.74, 6) is 0.573. The van der Waals surface area contributed by atoms with Crippen LogP contribution in [-0.2, 0) is 0 Å². The number of carbonyl (C=O) groups is 1. The Kier molecular flexibility index (Phi) is 4.75. The lowest BCUT2D eigenvalue weighted by atomic mass is 9.88. The summed E-state index contributed by atoms with van der Waals surface area (Å²) in [6, 6.07) is 5.34. The molecule has 0 saturated heterocycles. The van der Waals surface area contributed by atoms with E-state index in [-0.39, 0.29) is 11.3 Å². The number of rotatable bonds is 4.